The van der Waals surface area contributed by atoms with Crippen molar-refractivity contribution in [3.8, 4) is 17.0 Å². The Kier molecular flexibility index (Phi) is 5.62. The van der Waals surface area contributed by atoms with Crippen molar-refractivity contribution >= 4 is 15.9 Å². The number of benzene rings is 1. The highest BCUT2D eigenvalue weighted by atomic mass is 32.2. The molecule has 2 aromatic heterocycles. The summed E-state index contributed by atoms with van der Waals surface area (Å²) in [6.07, 6.45) is 6.23. The number of nitrogens with one attached hydrogen (secondary N) is 1. The van der Waals surface area contributed by atoms with Crippen molar-refractivity contribution in [1.82, 2.24) is 19.7 Å². The van der Waals surface area contributed by atoms with Gasteiger partial charge in [0.05, 0.1) is 35.5 Å². The zero-order chi connectivity index (χ0) is 20.1. The van der Waals surface area contributed by atoms with Crippen LogP contribution in [0.4, 0.5) is 0 Å². The average molecular weight is 399 g/mol. The van der Waals surface area contributed by atoms with Crippen LogP contribution in [0.3, 0.4) is 0 Å². The van der Waals surface area contributed by atoms with Gasteiger partial charge in [-0.25, -0.2) is 13.1 Å². The minimum atomic E-state index is -3.93. The number of aromatic nitrogens is 3. The van der Waals surface area contributed by atoms with Crippen LogP contribution in [0.5, 0.6) is 5.75 Å². The SMILES string of the molecule is COc1ccc(S(=O)(=O)NCc2nccnc2-c2ccncc2)cc1C(N)=O. The summed E-state index contributed by atoms with van der Waals surface area (Å²) in [6, 6.07) is 7.38. The molecule has 3 aromatic rings. The Labute approximate surface area is 161 Å². The van der Waals surface area contributed by atoms with Crippen LogP contribution in [-0.4, -0.2) is 36.4 Å². The predicted octanol–water partition coefficient (Wildman–Crippen LogP) is 1.12. The summed E-state index contributed by atoms with van der Waals surface area (Å²) in [4.78, 5) is 23.9. The lowest BCUT2D eigenvalue weighted by molar-refractivity contribution is 0.0997. The van der Waals surface area contributed by atoms with Gasteiger partial charge in [-0.1, -0.05) is 0 Å². The number of hydrogen-bond donors (Lipinski definition) is 2. The molecule has 0 saturated heterocycles. The minimum Gasteiger partial charge on any atom is -0.496 e. The number of sulfonamides is 1. The summed E-state index contributed by atoms with van der Waals surface area (Å²) in [5.41, 5.74) is 7.02. The Bertz CT molecular complexity index is 1100. The second-order valence-electron chi connectivity index (χ2n) is 5.64. The van der Waals surface area contributed by atoms with E-state index in [0.717, 1.165) is 5.56 Å². The maximum atomic E-state index is 12.7. The smallest absolute Gasteiger partial charge is 0.252 e. The molecule has 0 aliphatic heterocycles. The fourth-order valence-electron chi connectivity index (χ4n) is 2.54. The van der Waals surface area contributed by atoms with Gasteiger partial charge < -0.3 is 10.5 Å². The molecular weight excluding hydrogens is 382 g/mol. The number of amides is 1. The summed E-state index contributed by atoms with van der Waals surface area (Å²) in [7, 11) is -2.57. The van der Waals surface area contributed by atoms with Crippen LogP contribution in [0.2, 0.25) is 0 Å². The Morgan fingerprint density at radius 2 is 1.82 bits per heavy atom. The van der Waals surface area contributed by atoms with Crippen molar-refractivity contribution < 1.29 is 17.9 Å². The lowest BCUT2D eigenvalue weighted by atomic mass is 10.1. The molecule has 2 heterocycles. The summed E-state index contributed by atoms with van der Waals surface area (Å²) < 4.78 is 32.8. The number of methoxy groups -OCH3 is 1. The third-order valence-electron chi connectivity index (χ3n) is 3.90. The molecule has 9 nitrogen and oxygen atoms in total. The molecule has 0 aliphatic carbocycles. The van der Waals surface area contributed by atoms with E-state index in [4.69, 9.17) is 10.5 Å². The number of carbonyl (C=O) groups is 1. The van der Waals surface area contributed by atoms with Gasteiger partial charge in [0, 0.05) is 30.4 Å². The highest BCUT2D eigenvalue weighted by Gasteiger charge is 2.19. The fourth-order valence-corrected chi connectivity index (χ4v) is 3.55. The zero-order valence-electron chi connectivity index (χ0n) is 14.9. The van der Waals surface area contributed by atoms with Gasteiger partial charge in [0.25, 0.3) is 5.91 Å². The molecule has 0 aliphatic rings. The van der Waals surface area contributed by atoms with Crippen LogP contribution in [0.15, 0.2) is 60.0 Å². The number of rotatable bonds is 7. The van der Waals surface area contributed by atoms with E-state index >= 15 is 0 Å². The number of ether oxygens (including phenoxy) is 1. The quantitative estimate of drug-likeness (QED) is 0.607. The molecule has 0 spiro atoms. The van der Waals surface area contributed by atoms with E-state index in [-0.39, 0.29) is 22.8 Å². The first-order valence-electron chi connectivity index (χ1n) is 8.10. The van der Waals surface area contributed by atoms with E-state index in [0.29, 0.717) is 11.4 Å². The number of nitrogens with zero attached hydrogens (tertiary/aromatic N) is 3. The maximum absolute atomic E-state index is 12.7. The Morgan fingerprint density at radius 1 is 1.11 bits per heavy atom. The van der Waals surface area contributed by atoms with Gasteiger partial charge in [-0.3, -0.25) is 19.7 Å². The van der Waals surface area contributed by atoms with Gasteiger partial charge in [-0.05, 0) is 30.3 Å². The number of carbonyl (C=O) groups excluding carboxylic acids is 1. The van der Waals surface area contributed by atoms with E-state index < -0.39 is 15.9 Å². The topological polar surface area (TPSA) is 137 Å². The third-order valence-corrected chi connectivity index (χ3v) is 5.30. The van der Waals surface area contributed by atoms with Crippen molar-refractivity contribution in [3.63, 3.8) is 0 Å². The lowest BCUT2D eigenvalue weighted by Gasteiger charge is -2.11. The van der Waals surface area contributed by atoms with E-state index in [9.17, 15) is 13.2 Å². The van der Waals surface area contributed by atoms with Crippen LogP contribution >= 0.6 is 0 Å². The molecule has 0 bridgehead atoms. The highest BCUT2D eigenvalue weighted by Crippen LogP contribution is 2.23. The molecule has 0 atom stereocenters. The Morgan fingerprint density at radius 3 is 2.50 bits per heavy atom. The molecule has 0 saturated carbocycles. The molecule has 1 amide bonds. The van der Waals surface area contributed by atoms with Crippen LogP contribution in [-0.2, 0) is 16.6 Å². The molecule has 1 aromatic carbocycles. The molecular formula is C18H17N5O4S. The fraction of sp³-hybridized carbons (Fsp3) is 0.111. The predicted molar refractivity (Wildman–Crippen MR) is 101 cm³/mol. The monoisotopic (exact) mass is 399 g/mol. The molecule has 144 valence electrons. The van der Waals surface area contributed by atoms with Crippen LogP contribution in [0.25, 0.3) is 11.3 Å². The van der Waals surface area contributed by atoms with Gasteiger partial charge in [0.1, 0.15) is 5.75 Å². The third kappa shape index (κ3) is 4.13. The molecule has 3 rings (SSSR count). The first-order valence-corrected chi connectivity index (χ1v) is 9.58. The van der Waals surface area contributed by atoms with E-state index in [2.05, 4.69) is 19.7 Å². The van der Waals surface area contributed by atoms with E-state index in [1.54, 1.807) is 24.5 Å². The summed E-state index contributed by atoms with van der Waals surface area (Å²) in [6.45, 7) is -0.0915. The van der Waals surface area contributed by atoms with Gasteiger partial charge in [-0.15, -0.1) is 0 Å². The number of hydrogen-bond acceptors (Lipinski definition) is 7. The van der Waals surface area contributed by atoms with Crippen molar-refractivity contribution in [1.29, 1.82) is 0 Å². The van der Waals surface area contributed by atoms with Gasteiger partial charge in [-0.2, -0.15) is 0 Å². The van der Waals surface area contributed by atoms with Crippen molar-refractivity contribution in [2.24, 2.45) is 5.73 Å². The minimum absolute atomic E-state index is 0.0256. The van der Waals surface area contributed by atoms with Gasteiger partial charge in [0.15, 0.2) is 0 Å². The first-order chi connectivity index (χ1) is 13.4. The number of primary amides is 1. The van der Waals surface area contributed by atoms with E-state index in [1.807, 2.05) is 0 Å². The van der Waals surface area contributed by atoms with Crippen molar-refractivity contribution in [2.75, 3.05) is 7.11 Å². The highest BCUT2D eigenvalue weighted by molar-refractivity contribution is 7.89. The van der Waals surface area contributed by atoms with Crippen molar-refractivity contribution in [2.45, 2.75) is 11.4 Å². The molecule has 28 heavy (non-hydrogen) atoms. The molecule has 10 heteroatoms. The van der Waals surface area contributed by atoms with Crippen LogP contribution < -0.4 is 15.2 Å². The lowest BCUT2D eigenvalue weighted by Crippen LogP contribution is -2.25. The standard InChI is InChI=1S/C18H17N5O4S/c1-27-16-3-2-13(10-14(16)18(19)24)28(25,26)23-11-15-17(22-9-8-21-15)12-4-6-20-7-5-12/h2-10,23H,11H2,1H3,(H2,19,24). The molecule has 3 N–H and O–H groups in total. The molecule has 0 radical (unpaired) electrons. The van der Waals surface area contributed by atoms with Gasteiger partial charge >= 0.3 is 0 Å². The summed E-state index contributed by atoms with van der Waals surface area (Å²) >= 11 is 0. The largest absolute Gasteiger partial charge is 0.496 e. The molecule has 0 fully saturated rings. The first kappa shape index (κ1) is 19.4. The Hall–Kier alpha value is -3.37. The van der Waals surface area contributed by atoms with Crippen LogP contribution in [0, 0.1) is 0 Å². The summed E-state index contributed by atoms with van der Waals surface area (Å²) in [5.74, 6) is -0.594. The number of pyridine rings is 1. The molecule has 0 unspecified atom stereocenters. The second kappa shape index (κ2) is 8.11. The van der Waals surface area contributed by atoms with Crippen molar-refractivity contribution in [3.05, 3.63) is 66.4 Å². The Balaban J connectivity index is 1.88. The van der Waals surface area contributed by atoms with E-state index in [1.165, 1.54) is 37.7 Å². The second-order valence-corrected chi connectivity index (χ2v) is 7.41. The van der Waals surface area contributed by atoms with Gasteiger partial charge in [0.2, 0.25) is 10.0 Å². The zero-order valence-corrected chi connectivity index (χ0v) is 15.7. The maximum Gasteiger partial charge on any atom is 0.252 e. The normalized spacial score (nSPS) is 11.2. The number of nitrogens with two attached hydrogens (primary N) is 1. The summed E-state index contributed by atoms with van der Waals surface area (Å²) in [5, 5.41) is 0. The van der Waals surface area contributed by atoms with Crippen LogP contribution in [0.1, 0.15) is 16.1 Å². The average Bonchev–Trinajstić information content (AvgIpc) is 2.72.